The fraction of sp³-hybridized carbons (Fsp3) is 1.00. The van der Waals surface area contributed by atoms with Crippen LogP contribution in [0.25, 0.3) is 0 Å². The lowest BCUT2D eigenvalue weighted by atomic mass is 10.2. The third-order valence-electron chi connectivity index (χ3n) is 2.29. The van der Waals surface area contributed by atoms with Crippen molar-refractivity contribution in [2.45, 2.75) is 85.3 Å². The molecule has 18 heavy (non-hydrogen) atoms. The standard InChI is InChI=1S/C13H30O4Si/c1-8-12(14-9(2)3)13(17-18,15-10(4)5)16-11(6)7/h9-12H,8H2,1-7,18H3. The second kappa shape index (κ2) is 8.27. The summed E-state index contributed by atoms with van der Waals surface area (Å²) in [6.45, 7) is 14.0. The van der Waals surface area contributed by atoms with Crippen LogP contribution >= 0.6 is 0 Å². The number of hydrogen-bond donors (Lipinski definition) is 0. The monoisotopic (exact) mass is 278 g/mol. The number of rotatable bonds is 9. The molecule has 0 N–H and O–H groups in total. The Hall–Kier alpha value is 0.0569. The molecule has 0 aromatic rings. The molecule has 0 aliphatic carbocycles. The Bertz CT molecular complexity index is 209. The van der Waals surface area contributed by atoms with Gasteiger partial charge < -0.3 is 18.6 Å². The van der Waals surface area contributed by atoms with E-state index >= 15 is 0 Å². The van der Waals surface area contributed by atoms with Crippen molar-refractivity contribution in [3.8, 4) is 0 Å². The van der Waals surface area contributed by atoms with E-state index in [0.29, 0.717) is 10.5 Å². The zero-order valence-corrected chi connectivity index (χ0v) is 15.1. The van der Waals surface area contributed by atoms with Crippen LogP contribution in [0.5, 0.6) is 0 Å². The normalized spacial score (nSPS) is 15.0. The van der Waals surface area contributed by atoms with Crippen LogP contribution in [0.15, 0.2) is 0 Å². The van der Waals surface area contributed by atoms with Gasteiger partial charge in [0.05, 0.1) is 18.3 Å². The Morgan fingerprint density at radius 2 is 1.33 bits per heavy atom. The van der Waals surface area contributed by atoms with Gasteiger partial charge in [0.1, 0.15) is 6.10 Å². The quantitative estimate of drug-likeness (QED) is 0.477. The summed E-state index contributed by atoms with van der Waals surface area (Å²) in [5.74, 6) is -1.08. The number of hydrogen-bond acceptors (Lipinski definition) is 4. The summed E-state index contributed by atoms with van der Waals surface area (Å²) >= 11 is 0. The Morgan fingerprint density at radius 1 is 0.889 bits per heavy atom. The lowest BCUT2D eigenvalue weighted by molar-refractivity contribution is -0.407. The average molecular weight is 278 g/mol. The van der Waals surface area contributed by atoms with E-state index in [2.05, 4.69) is 6.92 Å². The Morgan fingerprint density at radius 3 is 1.56 bits per heavy atom. The van der Waals surface area contributed by atoms with Crippen LogP contribution in [-0.4, -0.2) is 40.9 Å². The first-order valence-electron chi connectivity index (χ1n) is 6.83. The maximum Gasteiger partial charge on any atom is 0.301 e. The molecule has 1 unspecified atom stereocenters. The first kappa shape index (κ1) is 18.1. The molecule has 5 heteroatoms. The summed E-state index contributed by atoms with van der Waals surface area (Å²) in [6, 6.07) is 0. The van der Waals surface area contributed by atoms with Crippen molar-refractivity contribution < 1.29 is 18.6 Å². The van der Waals surface area contributed by atoms with Crippen molar-refractivity contribution in [1.29, 1.82) is 0 Å². The first-order chi connectivity index (χ1) is 8.27. The van der Waals surface area contributed by atoms with E-state index in [1.165, 1.54) is 0 Å². The van der Waals surface area contributed by atoms with Gasteiger partial charge in [-0.25, -0.2) is 0 Å². The maximum atomic E-state index is 5.92. The summed E-state index contributed by atoms with van der Waals surface area (Å²) in [5, 5.41) is 0. The average Bonchev–Trinajstić information content (AvgIpc) is 2.23. The maximum absolute atomic E-state index is 5.92. The van der Waals surface area contributed by atoms with E-state index < -0.39 is 5.97 Å². The van der Waals surface area contributed by atoms with Crippen molar-refractivity contribution in [2.24, 2.45) is 0 Å². The van der Waals surface area contributed by atoms with Crippen LogP contribution in [0.4, 0.5) is 0 Å². The second-order valence-electron chi connectivity index (χ2n) is 5.22. The zero-order valence-electron chi connectivity index (χ0n) is 13.1. The molecule has 1 atom stereocenters. The van der Waals surface area contributed by atoms with Crippen LogP contribution in [-0.2, 0) is 18.6 Å². The molecule has 0 aliphatic rings. The highest BCUT2D eigenvalue weighted by atomic mass is 28.2. The molecule has 0 heterocycles. The summed E-state index contributed by atoms with van der Waals surface area (Å²) in [6.07, 6.45) is 0.697. The third kappa shape index (κ3) is 5.80. The Balaban J connectivity index is 5.09. The van der Waals surface area contributed by atoms with Crippen LogP contribution in [0.1, 0.15) is 54.9 Å². The number of ether oxygens (including phenoxy) is 3. The fourth-order valence-electron chi connectivity index (χ4n) is 1.82. The highest BCUT2D eigenvalue weighted by Gasteiger charge is 2.43. The SMILES string of the molecule is CCC(OC(C)C)C(O[SiH3])(OC(C)C)OC(C)C. The second-order valence-corrected chi connectivity index (χ2v) is 5.63. The first-order valence-corrected chi connectivity index (χ1v) is 7.65. The van der Waals surface area contributed by atoms with E-state index in [-0.39, 0.29) is 24.4 Å². The molecule has 0 aliphatic heterocycles. The van der Waals surface area contributed by atoms with E-state index in [4.69, 9.17) is 18.6 Å². The van der Waals surface area contributed by atoms with E-state index in [9.17, 15) is 0 Å². The third-order valence-corrected chi connectivity index (χ3v) is 2.86. The summed E-state index contributed by atoms with van der Waals surface area (Å²) < 4.78 is 23.4. The topological polar surface area (TPSA) is 36.9 Å². The summed E-state index contributed by atoms with van der Waals surface area (Å²) in [7, 11) is 0.530. The molecule has 110 valence electrons. The molecule has 0 aromatic carbocycles. The molecule has 0 radical (unpaired) electrons. The van der Waals surface area contributed by atoms with Crippen molar-refractivity contribution in [2.75, 3.05) is 0 Å². The Labute approximate surface area is 115 Å². The van der Waals surface area contributed by atoms with Crippen LogP contribution in [0.3, 0.4) is 0 Å². The molecule has 0 fully saturated rings. The van der Waals surface area contributed by atoms with Gasteiger partial charge in [0, 0.05) is 0 Å². The van der Waals surface area contributed by atoms with Crippen LogP contribution in [0, 0.1) is 0 Å². The Kier molecular flexibility index (Phi) is 8.30. The van der Waals surface area contributed by atoms with Crippen molar-refractivity contribution >= 4 is 10.5 Å². The van der Waals surface area contributed by atoms with Gasteiger partial charge in [0.15, 0.2) is 10.5 Å². The van der Waals surface area contributed by atoms with Gasteiger partial charge in [-0.2, -0.15) is 0 Å². The molecule has 0 saturated carbocycles. The fourth-order valence-corrected chi connectivity index (χ4v) is 2.28. The highest BCUT2D eigenvalue weighted by Crippen LogP contribution is 2.28. The molecule has 0 spiro atoms. The van der Waals surface area contributed by atoms with Crippen molar-refractivity contribution in [3.63, 3.8) is 0 Å². The van der Waals surface area contributed by atoms with E-state index in [0.717, 1.165) is 6.42 Å². The smallest absolute Gasteiger partial charge is 0.301 e. The minimum atomic E-state index is -1.08. The highest BCUT2D eigenvalue weighted by molar-refractivity contribution is 5.98. The van der Waals surface area contributed by atoms with Crippen molar-refractivity contribution in [1.82, 2.24) is 0 Å². The lowest BCUT2D eigenvalue weighted by Crippen LogP contribution is -2.53. The molecular formula is C13H30O4Si. The molecular weight excluding hydrogens is 248 g/mol. The molecule has 0 aromatic heterocycles. The molecule has 0 bridgehead atoms. The summed E-state index contributed by atoms with van der Waals surface area (Å²) in [4.78, 5) is 0. The molecule has 0 amide bonds. The van der Waals surface area contributed by atoms with Gasteiger partial charge in [-0.05, 0) is 48.0 Å². The lowest BCUT2D eigenvalue weighted by Gasteiger charge is -2.41. The van der Waals surface area contributed by atoms with Gasteiger partial charge in [0.25, 0.3) is 0 Å². The molecule has 4 nitrogen and oxygen atoms in total. The minimum absolute atomic E-state index is 0.0162. The predicted octanol–water partition coefficient (Wildman–Crippen LogP) is 1.99. The van der Waals surface area contributed by atoms with Gasteiger partial charge >= 0.3 is 5.97 Å². The minimum Gasteiger partial charge on any atom is -0.378 e. The predicted molar refractivity (Wildman–Crippen MR) is 76.5 cm³/mol. The van der Waals surface area contributed by atoms with Gasteiger partial charge in [-0.3, -0.25) is 0 Å². The molecule has 0 saturated heterocycles. The van der Waals surface area contributed by atoms with Gasteiger partial charge in [0.2, 0.25) is 0 Å². The summed E-state index contributed by atoms with van der Waals surface area (Å²) in [5.41, 5.74) is 0. The zero-order chi connectivity index (χ0) is 14.3. The van der Waals surface area contributed by atoms with Crippen LogP contribution in [0.2, 0.25) is 0 Å². The largest absolute Gasteiger partial charge is 0.378 e. The molecule has 0 rings (SSSR count). The van der Waals surface area contributed by atoms with E-state index in [1.54, 1.807) is 0 Å². The van der Waals surface area contributed by atoms with Gasteiger partial charge in [-0.1, -0.05) is 6.92 Å². The van der Waals surface area contributed by atoms with E-state index in [1.807, 2.05) is 41.5 Å². The van der Waals surface area contributed by atoms with Gasteiger partial charge in [-0.15, -0.1) is 0 Å². The van der Waals surface area contributed by atoms with Crippen molar-refractivity contribution in [3.05, 3.63) is 0 Å². The van der Waals surface area contributed by atoms with Crippen LogP contribution < -0.4 is 0 Å².